The Hall–Kier alpha value is -0.110. The fourth-order valence-electron chi connectivity index (χ4n) is 1.51. The first-order valence-electron chi connectivity index (χ1n) is 3.67. The van der Waals surface area contributed by atoms with E-state index in [1.54, 1.807) is 0 Å². The molecule has 1 nitrogen and oxygen atoms in total. The van der Waals surface area contributed by atoms with E-state index in [9.17, 15) is 4.39 Å². The summed E-state index contributed by atoms with van der Waals surface area (Å²) >= 11 is 0. The van der Waals surface area contributed by atoms with E-state index in [1.165, 1.54) is 0 Å². The van der Waals surface area contributed by atoms with Crippen molar-refractivity contribution in [2.45, 2.75) is 31.9 Å². The first-order valence-corrected chi connectivity index (χ1v) is 3.67. The fraction of sp³-hybridized carbons (Fsp3) is 1.00. The van der Waals surface area contributed by atoms with Crippen molar-refractivity contribution in [3.05, 3.63) is 0 Å². The Bertz CT molecular complexity index is 83.0. The zero-order chi connectivity index (χ0) is 6.69. The van der Waals surface area contributed by atoms with E-state index in [4.69, 9.17) is 5.73 Å². The Morgan fingerprint density at radius 2 is 2.22 bits per heavy atom. The summed E-state index contributed by atoms with van der Waals surface area (Å²) in [6.45, 7) is 0.720. The van der Waals surface area contributed by atoms with Crippen molar-refractivity contribution >= 4 is 0 Å². The zero-order valence-corrected chi connectivity index (χ0v) is 5.65. The Labute approximate surface area is 55.4 Å². The number of rotatable bonds is 2. The highest BCUT2D eigenvalue weighted by Crippen LogP contribution is 2.29. The molecule has 0 aromatic carbocycles. The van der Waals surface area contributed by atoms with E-state index in [0.29, 0.717) is 5.92 Å². The minimum Gasteiger partial charge on any atom is -0.330 e. The summed E-state index contributed by atoms with van der Waals surface area (Å²) in [5, 5.41) is 0. The molecule has 2 N–H and O–H groups in total. The van der Waals surface area contributed by atoms with E-state index >= 15 is 0 Å². The average Bonchev–Trinajstić information content (AvgIpc) is 2.17. The quantitative estimate of drug-likeness (QED) is 0.603. The SMILES string of the molecule is NCCC1CCC(F)C1. The Morgan fingerprint density at radius 3 is 2.67 bits per heavy atom. The van der Waals surface area contributed by atoms with Gasteiger partial charge < -0.3 is 5.73 Å². The van der Waals surface area contributed by atoms with Gasteiger partial charge in [0.25, 0.3) is 0 Å². The molecule has 1 rings (SSSR count). The number of hydrogen-bond donors (Lipinski definition) is 1. The van der Waals surface area contributed by atoms with Gasteiger partial charge in [-0.1, -0.05) is 0 Å². The molecule has 1 aliphatic carbocycles. The lowest BCUT2D eigenvalue weighted by Crippen LogP contribution is -2.05. The van der Waals surface area contributed by atoms with Crippen molar-refractivity contribution in [2.24, 2.45) is 11.7 Å². The van der Waals surface area contributed by atoms with Crippen LogP contribution in [0.3, 0.4) is 0 Å². The van der Waals surface area contributed by atoms with Crippen LogP contribution in [-0.2, 0) is 0 Å². The van der Waals surface area contributed by atoms with E-state index in [0.717, 1.165) is 32.2 Å². The van der Waals surface area contributed by atoms with E-state index in [2.05, 4.69) is 0 Å². The predicted molar refractivity (Wildman–Crippen MR) is 35.9 cm³/mol. The van der Waals surface area contributed by atoms with Crippen LogP contribution in [0.25, 0.3) is 0 Å². The van der Waals surface area contributed by atoms with Crippen molar-refractivity contribution in [3.63, 3.8) is 0 Å². The van der Waals surface area contributed by atoms with Crippen LogP contribution in [0, 0.1) is 5.92 Å². The molecule has 0 aromatic rings. The summed E-state index contributed by atoms with van der Waals surface area (Å²) < 4.78 is 12.5. The van der Waals surface area contributed by atoms with Gasteiger partial charge in [-0.25, -0.2) is 4.39 Å². The molecule has 0 aromatic heterocycles. The van der Waals surface area contributed by atoms with Crippen molar-refractivity contribution in [1.29, 1.82) is 0 Å². The van der Waals surface area contributed by atoms with Gasteiger partial charge in [0.15, 0.2) is 0 Å². The van der Waals surface area contributed by atoms with Crippen molar-refractivity contribution in [2.75, 3.05) is 6.54 Å². The van der Waals surface area contributed by atoms with Gasteiger partial charge >= 0.3 is 0 Å². The Kier molecular flexibility index (Phi) is 2.46. The molecule has 2 atom stereocenters. The molecule has 0 aliphatic heterocycles. The van der Waals surface area contributed by atoms with Crippen LogP contribution in [0.1, 0.15) is 25.7 Å². The Morgan fingerprint density at radius 1 is 1.44 bits per heavy atom. The van der Waals surface area contributed by atoms with Gasteiger partial charge in [0.05, 0.1) is 0 Å². The second kappa shape index (κ2) is 3.16. The summed E-state index contributed by atoms with van der Waals surface area (Å²) in [4.78, 5) is 0. The maximum absolute atomic E-state index is 12.5. The van der Waals surface area contributed by atoms with Crippen LogP contribution in [-0.4, -0.2) is 12.7 Å². The highest BCUT2D eigenvalue weighted by Gasteiger charge is 2.22. The van der Waals surface area contributed by atoms with Gasteiger partial charge in [0.1, 0.15) is 6.17 Å². The van der Waals surface area contributed by atoms with Crippen LogP contribution in [0.5, 0.6) is 0 Å². The number of nitrogens with two attached hydrogens (primary N) is 1. The summed E-state index contributed by atoms with van der Waals surface area (Å²) in [5.41, 5.74) is 5.33. The molecule has 9 heavy (non-hydrogen) atoms. The topological polar surface area (TPSA) is 26.0 Å². The minimum atomic E-state index is -0.526. The van der Waals surface area contributed by atoms with Crippen LogP contribution in [0.15, 0.2) is 0 Å². The second-order valence-corrected chi connectivity index (χ2v) is 2.85. The molecule has 2 unspecified atom stereocenters. The van der Waals surface area contributed by atoms with E-state index in [1.807, 2.05) is 0 Å². The molecule has 0 spiro atoms. The number of halogens is 1. The molecule has 0 bridgehead atoms. The largest absolute Gasteiger partial charge is 0.330 e. The molecule has 1 aliphatic rings. The molecule has 1 saturated carbocycles. The summed E-state index contributed by atoms with van der Waals surface area (Å²) in [5.74, 6) is 0.588. The predicted octanol–water partition coefficient (Wildman–Crippen LogP) is 1.47. The minimum absolute atomic E-state index is 0.526. The molecule has 0 amide bonds. The maximum Gasteiger partial charge on any atom is 0.100 e. The van der Waals surface area contributed by atoms with Crippen LogP contribution < -0.4 is 5.73 Å². The molecular weight excluding hydrogens is 117 g/mol. The molecule has 0 radical (unpaired) electrons. The van der Waals surface area contributed by atoms with Gasteiger partial charge in [-0.3, -0.25) is 0 Å². The van der Waals surface area contributed by atoms with E-state index < -0.39 is 6.17 Å². The molecule has 0 heterocycles. The monoisotopic (exact) mass is 131 g/mol. The van der Waals surface area contributed by atoms with Crippen LogP contribution in [0.4, 0.5) is 4.39 Å². The normalized spacial score (nSPS) is 35.3. The zero-order valence-electron chi connectivity index (χ0n) is 5.65. The summed E-state index contributed by atoms with van der Waals surface area (Å²) in [7, 11) is 0. The van der Waals surface area contributed by atoms with Crippen molar-refractivity contribution in [3.8, 4) is 0 Å². The van der Waals surface area contributed by atoms with Gasteiger partial charge in [0.2, 0.25) is 0 Å². The first kappa shape index (κ1) is 7.00. The Balaban J connectivity index is 2.14. The van der Waals surface area contributed by atoms with Gasteiger partial charge in [-0.15, -0.1) is 0 Å². The molecular formula is C7H14FN. The standard InChI is InChI=1S/C7H14FN/c8-7-2-1-6(5-7)3-4-9/h6-7H,1-5,9H2. The lowest BCUT2D eigenvalue weighted by molar-refractivity contribution is 0.328. The lowest BCUT2D eigenvalue weighted by Gasteiger charge is -2.03. The van der Waals surface area contributed by atoms with Crippen LogP contribution in [0.2, 0.25) is 0 Å². The molecule has 54 valence electrons. The lowest BCUT2D eigenvalue weighted by atomic mass is 10.0. The van der Waals surface area contributed by atoms with Crippen molar-refractivity contribution < 1.29 is 4.39 Å². The maximum atomic E-state index is 12.5. The van der Waals surface area contributed by atoms with Gasteiger partial charge in [-0.2, -0.15) is 0 Å². The molecule has 1 fully saturated rings. The summed E-state index contributed by atoms with van der Waals surface area (Å²) in [6.07, 6.45) is 3.07. The van der Waals surface area contributed by atoms with Crippen molar-refractivity contribution in [1.82, 2.24) is 0 Å². The average molecular weight is 131 g/mol. The second-order valence-electron chi connectivity index (χ2n) is 2.85. The highest BCUT2D eigenvalue weighted by atomic mass is 19.1. The highest BCUT2D eigenvalue weighted by molar-refractivity contribution is 4.74. The van der Waals surface area contributed by atoms with E-state index in [-0.39, 0.29) is 0 Å². The van der Waals surface area contributed by atoms with Gasteiger partial charge in [-0.05, 0) is 38.1 Å². The summed E-state index contributed by atoms with van der Waals surface area (Å²) in [6, 6.07) is 0. The molecule has 0 saturated heterocycles. The smallest absolute Gasteiger partial charge is 0.100 e. The third kappa shape index (κ3) is 1.94. The third-order valence-electron chi connectivity index (χ3n) is 2.05. The van der Waals surface area contributed by atoms with Gasteiger partial charge in [0, 0.05) is 0 Å². The first-order chi connectivity index (χ1) is 4.33. The third-order valence-corrected chi connectivity index (χ3v) is 2.05. The number of alkyl halides is 1. The fourth-order valence-corrected chi connectivity index (χ4v) is 1.51. The number of hydrogen-bond acceptors (Lipinski definition) is 1. The van der Waals surface area contributed by atoms with Crippen LogP contribution >= 0.6 is 0 Å². The molecule has 2 heteroatoms.